The van der Waals surface area contributed by atoms with Crippen molar-refractivity contribution in [3.8, 4) is 0 Å². The predicted molar refractivity (Wildman–Crippen MR) is 51.6 cm³/mol. The van der Waals surface area contributed by atoms with E-state index in [1.807, 2.05) is 0 Å². The van der Waals surface area contributed by atoms with Gasteiger partial charge in [-0.3, -0.25) is 4.57 Å². The molecule has 2 atom stereocenters. The summed E-state index contributed by atoms with van der Waals surface area (Å²) in [7, 11) is -9.18. The van der Waals surface area contributed by atoms with E-state index >= 15 is 0 Å². The van der Waals surface area contributed by atoms with Crippen molar-refractivity contribution in [3.63, 3.8) is 0 Å². The molecule has 0 aromatic carbocycles. The lowest BCUT2D eigenvalue weighted by Crippen LogP contribution is -2.18. The lowest BCUT2D eigenvalue weighted by Gasteiger charge is -2.17. The Kier molecular flexibility index (Phi) is 3.90. The van der Waals surface area contributed by atoms with E-state index in [0.29, 0.717) is 0 Å². The normalized spacial score (nSPS) is 17.8. The van der Waals surface area contributed by atoms with Crippen LogP contribution in [-0.4, -0.2) is 41.5 Å². The van der Waals surface area contributed by atoms with Crippen molar-refractivity contribution in [2.45, 2.75) is 5.85 Å². The van der Waals surface area contributed by atoms with Crippen LogP contribution in [-0.2, 0) is 9.13 Å². The van der Waals surface area contributed by atoms with Crippen LogP contribution in [0, 0.1) is 0 Å². The second kappa shape index (κ2) is 4.67. The Hall–Kier alpha value is -0.690. The zero-order valence-electron chi connectivity index (χ0n) is 7.82. The van der Waals surface area contributed by atoms with Crippen molar-refractivity contribution < 1.29 is 33.5 Å². The largest absolute Gasteiger partial charge is 0.398 e. The number of hydrogen-bond acceptors (Lipinski definition) is 5. The number of rotatable bonds is 5. The highest BCUT2D eigenvalue weighted by atomic mass is 31.2. The third-order valence-electron chi connectivity index (χ3n) is 1.48. The minimum absolute atomic E-state index is 0.799. The number of hydrogen-bond donors (Lipinski definition) is 4. The Bertz CT molecular complexity index is 426. The van der Waals surface area contributed by atoms with Gasteiger partial charge in [0.15, 0.2) is 5.85 Å². The van der Waals surface area contributed by atoms with Gasteiger partial charge in [-0.15, -0.1) is 0 Å². The van der Waals surface area contributed by atoms with Gasteiger partial charge in [-0.1, -0.05) is 0 Å². The quantitative estimate of drug-likeness (QED) is 0.499. The van der Waals surface area contributed by atoms with Gasteiger partial charge in [-0.25, -0.2) is 9.55 Å². The zero-order valence-corrected chi connectivity index (χ0v) is 9.61. The van der Waals surface area contributed by atoms with Crippen LogP contribution in [0.5, 0.6) is 0 Å². The summed E-state index contributed by atoms with van der Waals surface area (Å²) >= 11 is 0. The molecule has 1 rings (SSSR count). The maximum atomic E-state index is 11.3. The van der Waals surface area contributed by atoms with Crippen LogP contribution in [0.2, 0.25) is 0 Å². The fraction of sp³-hybridized carbons (Fsp3) is 0.400. The Balaban J connectivity index is 2.66. The molecule has 92 valence electrons. The van der Waals surface area contributed by atoms with Gasteiger partial charge in [0.2, 0.25) is 0 Å². The SMILES string of the molecule is O=P(O)(CC(O)P(=O)(O)O)On1ccnc1. The summed E-state index contributed by atoms with van der Waals surface area (Å²) in [5, 5.41) is 8.95. The first-order valence-corrected chi connectivity index (χ1v) is 7.38. The van der Waals surface area contributed by atoms with Crippen LogP contribution in [0.15, 0.2) is 18.7 Å². The number of nitrogens with zero attached hydrogens (tertiary/aromatic N) is 2. The fourth-order valence-corrected chi connectivity index (χ4v) is 3.13. The molecule has 1 aromatic heterocycles. The van der Waals surface area contributed by atoms with E-state index in [1.165, 1.54) is 12.4 Å². The lowest BCUT2D eigenvalue weighted by molar-refractivity contribution is 0.193. The number of aliphatic hydroxyl groups is 1. The van der Waals surface area contributed by atoms with Crippen LogP contribution in [0.25, 0.3) is 0 Å². The van der Waals surface area contributed by atoms with Crippen LogP contribution in [0.3, 0.4) is 0 Å². The van der Waals surface area contributed by atoms with Crippen molar-refractivity contribution in [1.82, 2.24) is 9.71 Å². The van der Waals surface area contributed by atoms with E-state index < -0.39 is 27.2 Å². The summed E-state index contributed by atoms with van der Waals surface area (Å²) in [6, 6.07) is 0. The molecule has 0 saturated heterocycles. The molecule has 1 heterocycles. The summed E-state index contributed by atoms with van der Waals surface area (Å²) in [4.78, 5) is 29.8. The predicted octanol–water partition coefficient (Wildman–Crippen LogP) is -1.01. The maximum absolute atomic E-state index is 11.3. The van der Waals surface area contributed by atoms with E-state index in [2.05, 4.69) is 9.61 Å². The molecule has 0 fully saturated rings. The molecule has 0 saturated carbocycles. The minimum Gasteiger partial charge on any atom is -0.380 e. The zero-order chi connectivity index (χ0) is 12.4. The summed E-state index contributed by atoms with van der Waals surface area (Å²) in [6.07, 6.45) is 2.49. The maximum Gasteiger partial charge on any atom is 0.398 e. The third kappa shape index (κ3) is 4.05. The van der Waals surface area contributed by atoms with E-state index in [-0.39, 0.29) is 0 Å². The molecule has 11 heteroatoms. The summed E-state index contributed by atoms with van der Waals surface area (Å²) in [5.74, 6) is -2.24. The van der Waals surface area contributed by atoms with E-state index in [4.69, 9.17) is 14.9 Å². The van der Waals surface area contributed by atoms with Crippen molar-refractivity contribution in [1.29, 1.82) is 0 Å². The van der Waals surface area contributed by atoms with Gasteiger partial charge >= 0.3 is 15.2 Å². The van der Waals surface area contributed by atoms with Gasteiger partial charge in [0, 0.05) is 6.20 Å². The molecule has 2 unspecified atom stereocenters. The summed E-state index contributed by atoms with van der Waals surface area (Å²) < 4.78 is 27.1. The molecule has 0 spiro atoms. The number of imidazole rings is 1. The first kappa shape index (κ1) is 13.4. The molecule has 0 aliphatic rings. The van der Waals surface area contributed by atoms with E-state index in [9.17, 15) is 14.0 Å². The first-order chi connectivity index (χ1) is 7.21. The monoisotopic (exact) mass is 272 g/mol. The average Bonchev–Trinajstić information content (AvgIpc) is 2.52. The minimum atomic E-state index is -4.82. The average molecular weight is 272 g/mol. The van der Waals surface area contributed by atoms with Crippen LogP contribution in [0.4, 0.5) is 0 Å². The topological polar surface area (TPSA) is 142 Å². The Morgan fingerprint density at radius 3 is 2.44 bits per heavy atom. The van der Waals surface area contributed by atoms with Gasteiger partial charge in [-0.05, 0) is 0 Å². The Labute approximate surface area is 90.0 Å². The Morgan fingerprint density at radius 2 is 2.00 bits per heavy atom. The van der Waals surface area contributed by atoms with Crippen LogP contribution >= 0.6 is 15.2 Å². The molecule has 0 aliphatic heterocycles. The highest BCUT2D eigenvalue weighted by Crippen LogP contribution is 2.48. The van der Waals surface area contributed by atoms with Crippen molar-refractivity contribution in [2.24, 2.45) is 0 Å². The van der Waals surface area contributed by atoms with Crippen molar-refractivity contribution in [2.75, 3.05) is 6.16 Å². The molecule has 9 nitrogen and oxygen atoms in total. The number of aliphatic hydroxyl groups excluding tert-OH is 1. The molecular weight excluding hydrogens is 262 g/mol. The van der Waals surface area contributed by atoms with Gasteiger partial charge in [-0.2, -0.15) is 4.73 Å². The molecule has 1 aromatic rings. The lowest BCUT2D eigenvalue weighted by atomic mass is 10.9. The van der Waals surface area contributed by atoms with Crippen molar-refractivity contribution >= 4 is 15.2 Å². The van der Waals surface area contributed by atoms with Gasteiger partial charge in [0.1, 0.15) is 12.5 Å². The third-order valence-corrected chi connectivity index (χ3v) is 3.98. The molecule has 0 aliphatic carbocycles. The fourth-order valence-electron chi connectivity index (χ4n) is 0.789. The highest BCUT2D eigenvalue weighted by Gasteiger charge is 2.36. The molecule has 0 amide bonds. The van der Waals surface area contributed by atoms with E-state index in [1.54, 1.807) is 0 Å². The number of aromatic nitrogens is 2. The smallest absolute Gasteiger partial charge is 0.380 e. The molecule has 4 N–H and O–H groups in total. The van der Waals surface area contributed by atoms with E-state index in [0.717, 1.165) is 11.1 Å². The van der Waals surface area contributed by atoms with Crippen LogP contribution < -0.4 is 4.62 Å². The highest BCUT2D eigenvalue weighted by molar-refractivity contribution is 7.57. The van der Waals surface area contributed by atoms with Gasteiger partial charge < -0.3 is 24.4 Å². The van der Waals surface area contributed by atoms with Crippen LogP contribution in [0.1, 0.15) is 0 Å². The second-order valence-corrected chi connectivity index (χ2v) is 6.47. The summed E-state index contributed by atoms with van der Waals surface area (Å²) in [6.45, 7) is 0. The second-order valence-electron chi connectivity index (χ2n) is 2.89. The first-order valence-electron chi connectivity index (χ1n) is 3.94. The molecule has 0 bridgehead atoms. The molecule has 16 heavy (non-hydrogen) atoms. The van der Waals surface area contributed by atoms with Gasteiger partial charge in [0.05, 0.1) is 6.20 Å². The summed E-state index contributed by atoms with van der Waals surface area (Å²) in [5.41, 5.74) is 0. The molecule has 0 radical (unpaired) electrons. The Morgan fingerprint density at radius 1 is 1.38 bits per heavy atom. The van der Waals surface area contributed by atoms with Gasteiger partial charge in [0.25, 0.3) is 0 Å². The molecular formula is C5H10N2O7P2. The standard InChI is InChI=1S/C5H10N2O7P2/c8-5(16(11,12)13)3-15(9,10)14-7-2-1-6-4-7/h1-2,4-5,8H,3H2,(H,9,10)(H2,11,12,13). The van der Waals surface area contributed by atoms with Crippen molar-refractivity contribution in [3.05, 3.63) is 18.7 Å².